The number of anilines is 1. The largest absolute Gasteiger partial charge is 0.399 e. The van der Waals surface area contributed by atoms with E-state index in [1.807, 2.05) is 48.5 Å². The maximum atomic E-state index is 12.3. The number of nitrogens with zero attached hydrogens (tertiary/aromatic N) is 4. The van der Waals surface area contributed by atoms with Gasteiger partial charge in [-0.2, -0.15) is 5.10 Å². The van der Waals surface area contributed by atoms with Crippen LogP contribution in [-0.2, 0) is 6.54 Å². The van der Waals surface area contributed by atoms with Crippen molar-refractivity contribution < 1.29 is 0 Å². The molecule has 2 aromatic heterocycles. The standard InChI is InChI=1S/C21H16BrN5O/c22-17-11-24-21(25-12-17)16-5-1-3-14(9-16)13-27-20(28)8-7-19(26-27)15-4-2-6-18(23)10-15/h1-12H,13,23H2. The second kappa shape index (κ2) is 7.74. The number of nitrogen functional groups attached to an aromatic ring is 1. The van der Waals surface area contributed by atoms with Gasteiger partial charge in [-0.05, 0) is 45.8 Å². The van der Waals surface area contributed by atoms with Gasteiger partial charge in [0.15, 0.2) is 5.82 Å². The molecular formula is C21H16BrN5O. The molecule has 0 aliphatic carbocycles. The molecule has 0 radical (unpaired) electrons. The molecule has 2 aromatic carbocycles. The van der Waals surface area contributed by atoms with Crippen LogP contribution in [0.25, 0.3) is 22.6 Å². The monoisotopic (exact) mass is 433 g/mol. The number of halogens is 1. The molecule has 28 heavy (non-hydrogen) atoms. The minimum Gasteiger partial charge on any atom is -0.399 e. The van der Waals surface area contributed by atoms with Gasteiger partial charge < -0.3 is 5.73 Å². The van der Waals surface area contributed by atoms with Crippen molar-refractivity contribution in [3.8, 4) is 22.6 Å². The van der Waals surface area contributed by atoms with Crippen molar-refractivity contribution in [3.63, 3.8) is 0 Å². The van der Waals surface area contributed by atoms with E-state index in [4.69, 9.17) is 5.73 Å². The van der Waals surface area contributed by atoms with Gasteiger partial charge in [0, 0.05) is 35.3 Å². The molecule has 0 saturated heterocycles. The number of hydrogen-bond acceptors (Lipinski definition) is 5. The number of hydrogen-bond donors (Lipinski definition) is 1. The van der Waals surface area contributed by atoms with Crippen LogP contribution in [0.5, 0.6) is 0 Å². The molecule has 0 fully saturated rings. The second-order valence-electron chi connectivity index (χ2n) is 6.27. The Morgan fingerprint density at radius 2 is 1.68 bits per heavy atom. The molecule has 138 valence electrons. The molecule has 2 heterocycles. The van der Waals surface area contributed by atoms with Gasteiger partial charge in [-0.25, -0.2) is 14.6 Å². The Bertz CT molecular complexity index is 1190. The van der Waals surface area contributed by atoms with E-state index in [0.717, 1.165) is 21.2 Å². The first-order valence-electron chi connectivity index (χ1n) is 8.59. The van der Waals surface area contributed by atoms with E-state index in [-0.39, 0.29) is 5.56 Å². The Labute approximate surface area is 169 Å². The highest BCUT2D eigenvalue weighted by atomic mass is 79.9. The lowest BCUT2D eigenvalue weighted by Crippen LogP contribution is -2.22. The second-order valence-corrected chi connectivity index (χ2v) is 7.18. The zero-order valence-electron chi connectivity index (χ0n) is 14.8. The minimum absolute atomic E-state index is 0.169. The van der Waals surface area contributed by atoms with Crippen molar-refractivity contribution in [1.82, 2.24) is 19.7 Å². The first-order chi connectivity index (χ1) is 13.6. The van der Waals surface area contributed by atoms with Crippen molar-refractivity contribution in [3.05, 3.63) is 93.4 Å². The molecule has 0 saturated carbocycles. The van der Waals surface area contributed by atoms with Gasteiger partial charge in [0.1, 0.15) is 0 Å². The van der Waals surface area contributed by atoms with E-state index in [0.29, 0.717) is 23.8 Å². The van der Waals surface area contributed by atoms with Crippen LogP contribution >= 0.6 is 15.9 Å². The van der Waals surface area contributed by atoms with Crippen LogP contribution in [0.4, 0.5) is 5.69 Å². The Kier molecular flexibility index (Phi) is 4.99. The summed E-state index contributed by atoms with van der Waals surface area (Å²) in [6.07, 6.45) is 3.41. The Balaban J connectivity index is 1.66. The van der Waals surface area contributed by atoms with Crippen molar-refractivity contribution in [2.45, 2.75) is 6.54 Å². The lowest BCUT2D eigenvalue weighted by molar-refractivity contribution is 0.643. The highest BCUT2D eigenvalue weighted by Gasteiger charge is 2.07. The molecule has 0 amide bonds. The molecule has 0 spiro atoms. The van der Waals surface area contributed by atoms with Crippen LogP contribution in [0.2, 0.25) is 0 Å². The smallest absolute Gasteiger partial charge is 0.267 e. The number of rotatable bonds is 4. The summed E-state index contributed by atoms with van der Waals surface area (Å²) in [6.45, 7) is 0.347. The van der Waals surface area contributed by atoms with E-state index in [2.05, 4.69) is 31.0 Å². The lowest BCUT2D eigenvalue weighted by atomic mass is 10.1. The normalized spacial score (nSPS) is 10.8. The molecule has 0 atom stereocenters. The zero-order chi connectivity index (χ0) is 19.5. The molecule has 2 N–H and O–H groups in total. The summed E-state index contributed by atoms with van der Waals surface area (Å²) in [5.74, 6) is 0.624. The average molecular weight is 434 g/mol. The third-order valence-electron chi connectivity index (χ3n) is 4.19. The summed E-state index contributed by atoms with van der Waals surface area (Å²) < 4.78 is 2.27. The Morgan fingerprint density at radius 3 is 2.46 bits per heavy atom. The van der Waals surface area contributed by atoms with Gasteiger partial charge in [-0.1, -0.05) is 30.3 Å². The fraction of sp³-hybridized carbons (Fsp3) is 0.0476. The Hall–Kier alpha value is -3.32. The predicted molar refractivity (Wildman–Crippen MR) is 113 cm³/mol. The maximum Gasteiger partial charge on any atom is 0.267 e. The first-order valence-corrected chi connectivity index (χ1v) is 9.39. The highest BCUT2D eigenvalue weighted by molar-refractivity contribution is 9.10. The first kappa shape index (κ1) is 18.1. The van der Waals surface area contributed by atoms with E-state index in [1.165, 1.54) is 10.7 Å². The summed E-state index contributed by atoms with van der Waals surface area (Å²) in [7, 11) is 0. The van der Waals surface area contributed by atoms with E-state index in [1.54, 1.807) is 18.5 Å². The molecule has 0 bridgehead atoms. The van der Waals surface area contributed by atoms with E-state index < -0.39 is 0 Å². The van der Waals surface area contributed by atoms with Gasteiger partial charge in [0.25, 0.3) is 5.56 Å². The van der Waals surface area contributed by atoms with Crippen LogP contribution in [0.3, 0.4) is 0 Å². The Morgan fingerprint density at radius 1 is 0.929 bits per heavy atom. The minimum atomic E-state index is -0.169. The number of benzene rings is 2. The molecule has 0 aliphatic heterocycles. The van der Waals surface area contributed by atoms with Crippen molar-refractivity contribution in [1.29, 1.82) is 0 Å². The summed E-state index contributed by atoms with van der Waals surface area (Å²) in [6, 6.07) is 18.4. The molecular weight excluding hydrogens is 418 g/mol. The topological polar surface area (TPSA) is 86.7 Å². The quantitative estimate of drug-likeness (QED) is 0.495. The van der Waals surface area contributed by atoms with Crippen molar-refractivity contribution in [2.75, 3.05) is 5.73 Å². The van der Waals surface area contributed by atoms with Crippen LogP contribution < -0.4 is 11.3 Å². The van der Waals surface area contributed by atoms with Gasteiger partial charge >= 0.3 is 0 Å². The van der Waals surface area contributed by atoms with Crippen molar-refractivity contribution >= 4 is 21.6 Å². The summed E-state index contributed by atoms with van der Waals surface area (Å²) in [5.41, 5.74) is 9.71. The van der Waals surface area contributed by atoms with Gasteiger partial charge in [0.2, 0.25) is 0 Å². The van der Waals surface area contributed by atoms with Crippen LogP contribution in [-0.4, -0.2) is 19.7 Å². The average Bonchev–Trinajstić information content (AvgIpc) is 2.70. The SMILES string of the molecule is Nc1cccc(-c2ccc(=O)n(Cc3cccc(-c4ncc(Br)cn4)c3)n2)c1. The van der Waals surface area contributed by atoms with E-state index >= 15 is 0 Å². The summed E-state index contributed by atoms with van der Waals surface area (Å²) in [4.78, 5) is 21.0. The molecule has 0 aliphatic rings. The number of aromatic nitrogens is 4. The number of nitrogens with two attached hydrogens (primary N) is 1. The van der Waals surface area contributed by atoms with Gasteiger partial charge in [-0.3, -0.25) is 4.79 Å². The summed E-state index contributed by atoms with van der Waals surface area (Å²) in [5, 5.41) is 4.50. The fourth-order valence-corrected chi connectivity index (χ4v) is 3.06. The molecule has 6 nitrogen and oxygen atoms in total. The van der Waals surface area contributed by atoms with Crippen LogP contribution in [0.15, 0.2) is 82.3 Å². The molecule has 4 rings (SSSR count). The predicted octanol–water partition coefficient (Wildman–Crippen LogP) is 3.76. The summed E-state index contributed by atoms with van der Waals surface area (Å²) >= 11 is 3.34. The fourth-order valence-electron chi connectivity index (χ4n) is 2.86. The third-order valence-corrected chi connectivity index (χ3v) is 4.60. The van der Waals surface area contributed by atoms with Crippen molar-refractivity contribution in [2.24, 2.45) is 0 Å². The van der Waals surface area contributed by atoms with Crippen LogP contribution in [0, 0.1) is 0 Å². The van der Waals surface area contributed by atoms with E-state index in [9.17, 15) is 4.79 Å². The molecule has 7 heteroatoms. The zero-order valence-corrected chi connectivity index (χ0v) is 16.4. The van der Waals surface area contributed by atoms with Crippen LogP contribution in [0.1, 0.15) is 5.56 Å². The molecule has 0 unspecified atom stereocenters. The van der Waals surface area contributed by atoms with Gasteiger partial charge in [-0.15, -0.1) is 0 Å². The maximum absolute atomic E-state index is 12.3. The van der Waals surface area contributed by atoms with Gasteiger partial charge in [0.05, 0.1) is 16.7 Å². The third kappa shape index (κ3) is 3.99. The molecule has 4 aromatic rings. The lowest BCUT2D eigenvalue weighted by Gasteiger charge is -2.09. The highest BCUT2D eigenvalue weighted by Crippen LogP contribution is 2.20.